The third kappa shape index (κ3) is 4.23. The van der Waals surface area contributed by atoms with Crippen molar-refractivity contribution in [2.45, 2.75) is 26.2 Å². The van der Waals surface area contributed by atoms with Crippen molar-refractivity contribution in [2.75, 3.05) is 13.7 Å². The maximum Gasteiger partial charge on any atom is 0.308 e. The molecule has 1 fully saturated rings. The molecule has 1 aliphatic carbocycles. The third-order valence-electron chi connectivity index (χ3n) is 4.27. The van der Waals surface area contributed by atoms with Gasteiger partial charge in [0.05, 0.1) is 13.0 Å². The van der Waals surface area contributed by atoms with Crippen LogP contribution in [0, 0.1) is 17.8 Å². The van der Waals surface area contributed by atoms with Gasteiger partial charge in [-0.3, -0.25) is 9.59 Å². The SMILES string of the molecule is COc1ccccc1CC(CNC(=O)C(C)C1CC1)C(=O)O. The Labute approximate surface area is 130 Å². The molecule has 2 unspecified atom stereocenters. The number of carbonyl (C=O) groups excluding carboxylic acids is 1. The summed E-state index contributed by atoms with van der Waals surface area (Å²) in [5, 5.41) is 12.2. The molecule has 0 aromatic heterocycles. The lowest BCUT2D eigenvalue weighted by Gasteiger charge is -2.17. The van der Waals surface area contributed by atoms with E-state index in [2.05, 4.69) is 5.32 Å². The van der Waals surface area contributed by atoms with E-state index < -0.39 is 11.9 Å². The molecular formula is C17H23NO4. The number of rotatable bonds is 8. The van der Waals surface area contributed by atoms with Gasteiger partial charge in [0.2, 0.25) is 5.91 Å². The van der Waals surface area contributed by atoms with Gasteiger partial charge < -0.3 is 15.2 Å². The molecule has 0 bridgehead atoms. The Balaban J connectivity index is 1.95. The van der Waals surface area contributed by atoms with Crippen LogP contribution < -0.4 is 10.1 Å². The van der Waals surface area contributed by atoms with Gasteiger partial charge in [0.15, 0.2) is 0 Å². The van der Waals surface area contributed by atoms with Gasteiger partial charge in [-0.05, 0) is 36.8 Å². The molecule has 1 saturated carbocycles. The number of benzene rings is 1. The fraction of sp³-hybridized carbons (Fsp3) is 0.529. The van der Waals surface area contributed by atoms with Crippen molar-refractivity contribution < 1.29 is 19.4 Å². The van der Waals surface area contributed by atoms with Gasteiger partial charge in [-0.2, -0.15) is 0 Å². The molecule has 22 heavy (non-hydrogen) atoms. The van der Waals surface area contributed by atoms with Gasteiger partial charge in [0.25, 0.3) is 0 Å². The summed E-state index contributed by atoms with van der Waals surface area (Å²) in [5.41, 5.74) is 0.835. The van der Waals surface area contributed by atoms with Crippen molar-refractivity contribution in [3.05, 3.63) is 29.8 Å². The van der Waals surface area contributed by atoms with E-state index in [0.717, 1.165) is 18.4 Å². The summed E-state index contributed by atoms with van der Waals surface area (Å²) in [5.74, 6) is -0.504. The minimum atomic E-state index is -0.912. The van der Waals surface area contributed by atoms with E-state index >= 15 is 0 Å². The Morgan fingerprint density at radius 3 is 2.64 bits per heavy atom. The van der Waals surface area contributed by atoms with Crippen LogP contribution in [0.5, 0.6) is 5.75 Å². The second-order valence-electron chi connectivity index (χ2n) is 5.92. The molecule has 2 atom stereocenters. The molecule has 0 aliphatic heterocycles. The fourth-order valence-electron chi connectivity index (χ4n) is 2.58. The largest absolute Gasteiger partial charge is 0.496 e. The van der Waals surface area contributed by atoms with Crippen LogP contribution in [0.3, 0.4) is 0 Å². The second-order valence-corrected chi connectivity index (χ2v) is 5.92. The third-order valence-corrected chi connectivity index (χ3v) is 4.27. The zero-order valence-electron chi connectivity index (χ0n) is 13.0. The Kier molecular flexibility index (Phi) is 5.41. The molecule has 0 heterocycles. The maximum atomic E-state index is 12.0. The monoisotopic (exact) mass is 305 g/mol. The van der Waals surface area contributed by atoms with E-state index in [0.29, 0.717) is 18.1 Å². The summed E-state index contributed by atoms with van der Waals surface area (Å²) in [7, 11) is 1.56. The van der Waals surface area contributed by atoms with E-state index in [1.165, 1.54) is 0 Å². The number of nitrogens with one attached hydrogen (secondary N) is 1. The normalized spacial score (nSPS) is 16.6. The first-order valence-electron chi connectivity index (χ1n) is 7.65. The molecule has 1 aliphatic rings. The van der Waals surface area contributed by atoms with E-state index in [4.69, 9.17) is 4.74 Å². The lowest BCUT2D eigenvalue weighted by molar-refractivity contribution is -0.141. The highest BCUT2D eigenvalue weighted by atomic mass is 16.5. The van der Waals surface area contributed by atoms with Crippen LogP contribution in [0.4, 0.5) is 0 Å². The van der Waals surface area contributed by atoms with Crippen molar-refractivity contribution in [1.82, 2.24) is 5.32 Å². The minimum absolute atomic E-state index is 0.0271. The predicted molar refractivity (Wildman–Crippen MR) is 82.7 cm³/mol. The minimum Gasteiger partial charge on any atom is -0.496 e. The zero-order chi connectivity index (χ0) is 16.1. The van der Waals surface area contributed by atoms with Crippen LogP contribution in [-0.4, -0.2) is 30.6 Å². The number of carboxylic acid groups (broad SMARTS) is 1. The van der Waals surface area contributed by atoms with Crippen molar-refractivity contribution in [2.24, 2.45) is 17.8 Å². The van der Waals surface area contributed by atoms with Gasteiger partial charge in [-0.15, -0.1) is 0 Å². The average Bonchev–Trinajstić information content (AvgIpc) is 3.35. The van der Waals surface area contributed by atoms with Crippen molar-refractivity contribution in [3.63, 3.8) is 0 Å². The Hall–Kier alpha value is -2.04. The smallest absolute Gasteiger partial charge is 0.308 e. The fourth-order valence-corrected chi connectivity index (χ4v) is 2.58. The number of hydrogen-bond donors (Lipinski definition) is 2. The molecule has 2 N–H and O–H groups in total. The van der Waals surface area contributed by atoms with E-state index in [1.807, 2.05) is 31.2 Å². The highest BCUT2D eigenvalue weighted by molar-refractivity contribution is 5.80. The molecule has 5 heteroatoms. The predicted octanol–water partition coefficient (Wildman–Crippen LogP) is 2.10. The molecule has 120 valence electrons. The molecule has 0 spiro atoms. The van der Waals surface area contributed by atoms with Crippen LogP contribution in [0.25, 0.3) is 0 Å². The van der Waals surface area contributed by atoms with Crippen LogP contribution in [0.1, 0.15) is 25.3 Å². The average molecular weight is 305 g/mol. The molecular weight excluding hydrogens is 282 g/mol. The number of para-hydroxylation sites is 1. The Morgan fingerprint density at radius 1 is 1.36 bits per heavy atom. The van der Waals surface area contributed by atoms with E-state index in [9.17, 15) is 14.7 Å². The van der Waals surface area contributed by atoms with Crippen molar-refractivity contribution in [1.29, 1.82) is 0 Å². The molecule has 2 rings (SSSR count). The summed E-state index contributed by atoms with van der Waals surface area (Å²) >= 11 is 0. The highest BCUT2D eigenvalue weighted by Gasteiger charge is 2.33. The van der Waals surface area contributed by atoms with Crippen LogP contribution >= 0.6 is 0 Å². The molecule has 0 radical (unpaired) electrons. The summed E-state index contributed by atoms with van der Waals surface area (Å²) in [6.07, 6.45) is 2.52. The van der Waals surface area contributed by atoms with Gasteiger partial charge in [-0.25, -0.2) is 0 Å². The molecule has 1 aromatic rings. The standard InChI is InChI=1S/C17H23NO4/c1-11(12-7-8-12)16(19)18-10-14(17(20)21)9-13-5-3-4-6-15(13)22-2/h3-6,11-12,14H,7-10H2,1-2H3,(H,18,19)(H,20,21). The summed E-state index contributed by atoms with van der Waals surface area (Å²) in [6, 6.07) is 7.35. The first-order chi connectivity index (χ1) is 10.5. The molecule has 0 saturated heterocycles. The van der Waals surface area contributed by atoms with E-state index in [1.54, 1.807) is 7.11 Å². The van der Waals surface area contributed by atoms with E-state index in [-0.39, 0.29) is 18.4 Å². The van der Waals surface area contributed by atoms with Crippen molar-refractivity contribution >= 4 is 11.9 Å². The first kappa shape index (κ1) is 16.3. The maximum absolute atomic E-state index is 12.0. The molecule has 5 nitrogen and oxygen atoms in total. The number of carboxylic acids is 1. The second kappa shape index (κ2) is 7.29. The van der Waals surface area contributed by atoms with Crippen molar-refractivity contribution in [3.8, 4) is 5.75 Å². The summed E-state index contributed by atoms with van der Waals surface area (Å²) in [4.78, 5) is 23.4. The Bertz CT molecular complexity index is 539. The summed E-state index contributed by atoms with van der Waals surface area (Å²) < 4.78 is 5.25. The lowest BCUT2D eigenvalue weighted by Crippen LogP contribution is -2.37. The number of ether oxygens (including phenoxy) is 1. The zero-order valence-corrected chi connectivity index (χ0v) is 13.0. The lowest BCUT2D eigenvalue weighted by atomic mass is 9.98. The topological polar surface area (TPSA) is 75.6 Å². The van der Waals surface area contributed by atoms with Crippen LogP contribution in [0.2, 0.25) is 0 Å². The number of aliphatic carboxylic acids is 1. The van der Waals surface area contributed by atoms with Crippen LogP contribution in [0.15, 0.2) is 24.3 Å². The number of methoxy groups -OCH3 is 1. The molecule has 1 aromatic carbocycles. The van der Waals surface area contributed by atoms with Gasteiger partial charge >= 0.3 is 5.97 Å². The number of amides is 1. The number of carbonyl (C=O) groups is 2. The quantitative estimate of drug-likeness (QED) is 0.771. The summed E-state index contributed by atoms with van der Waals surface area (Å²) in [6.45, 7) is 2.05. The first-order valence-corrected chi connectivity index (χ1v) is 7.65. The van der Waals surface area contributed by atoms with Gasteiger partial charge in [0, 0.05) is 12.5 Å². The van der Waals surface area contributed by atoms with Gasteiger partial charge in [-0.1, -0.05) is 25.1 Å². The van der Waals surface area contributed by atoms with Crippen LogP contribution in [-0.2, 0) is 16.0 Å². The number of hydrogen-bond acceptors (Lipinski definition) is 3. The highest BCUT2D eigenvalue weighted by Crippen LogP contribution is 2.36. The van der Waals surface area contributed by atoms with Gasteiger partial charge in [0.1, 0.15) is 5.75 Å². The molecule has 1 amide bonds. The Morgan fingerprint density at radius 2 is 2.05 bits per heavy atom.